The Morgan fingerprint density at radius 2 is 1.83 bits per heavy atom. The first kappa shape index (κ1) is 16.2. The number of hydrogen-bond donors (Lipinski definition) is 0. The van der Waals surface area contributed by atoms with Gasteiger partial charge in [0.2, 0.25) is 0 Å². The van der Waals surface area contributed by atoms with Gasteiger partial charge in [-0.2, -0.15) is 5.10 Å². The van der Waals surface area contributed by atoms with Gasteiger partial charge in [0.15, 0.2) is 6.29 Å². The molecule has 2 heterocycles. The van der Waals surface area contributed by atoms with Crippen LogP contribution in [-0.2, 0) is 7.05 Å². The highest BCUT2D eigenvalue weighted by atomic mass is 32.2. The largest absolute Gasteiger partial charge is 0.296 e. The van der Waals surface area contributed by atoms with Crippen molar-refractivity contribution in [2.75, 3.05) is 0 Å². The van der Waals surface area contributed by atoms with Crippen LogP contribution < -0.4 is 0 Å². The van der Waals surface area contributed by atoms with Gasteiger partial charge < -0.3 is 0 Å². The van der Waals surface area contributed by atoms with Crippen molar-refractivity contribution >= 4 is 30.2 Å². The Labute approximate surface area is 145 Å². The molecule has 1 aromatic carbocycles. The summed E-state index contributed by atoms with van der Waals surface area (Å²) in [4.78, 5) is 17.2. The molecule has 0 aliphatic rings. The van der Waals surface area contributed by atoms with Gasteiger partial charge in [0.05, 0.1) is 11.1 Å². The summed E-state index contributed by atoms with van der Waals surface area (Å²) in [6.07, 6.45) is 8.51. The van der Waals surface area contributed by atoms with E-state index >= 15 is 0 Å². The molecule has 0 saturated carbocycles. The van der Waals surface area contributed by atoms with E-state index in [1.165, 1.54) is 11.8 Å². The molecule has 0 saturated heterocycles. The standard InChI is InChI=1S/C19H17N3OS/c1-14-11-16(9-10-20-14)4-3-15-5-7-17(8-6-15)24-19-12-21-22(2)18(19)13-23/h3-13H,1-2H3/b4-3+. The van der Waals surface area contributed by atoms with E-state index in [-0.39, 0.29) is 0 Å². The highest BCUT2D eigenvalue weighted by molar-refractivity contribution is 7.99. The molecule has 120 valence electrons. The number of rotatable bonds is 5. The van der Waals surface area contributed by atoms with Gasteiger partial charge in [-0.1, -0.05) is 36.0 Å². The fraction of sp³-hybridized carbons (Fsp3) is 0.105. The van der Waals surface area contributed by atoms with Crippen LogP contribution in [0.2, 0.25) is 0 Å². The minimum Gasteiger partial charge on any atom is -0.296 e. The highest BCUT2D eigenvalue weighted by Gasteiger charge is 2.08. The molecule has 3 aromatic rings. The van der Waals surface area contributed by atoms with Crippen molar-refractivity contribution in [3.05, 3.63) is 71.3 Å². The number of aromatic nitrogens is 3. The summed E-state index contributed by atoms with van der Waals surface area (Å²) in [5.41, 5.74) is 3.85. The molecule has 0 aliphatic carbocycles. The molecular weight excluding hydrogens is 318 g/mol. The molecule has 0 radical (unpaired) electrons. The lowest BCUT2D eigenvalue weighted by molar-refractivity contribution is 0.111. The van der Waals surface area contributed by atoms with Gasteiger partial charge in [-0.15, -0.1) is 0 Å². The Hall–Kier alpha value is -2.66. The lowest BCUT2D eigenvalue weighted by Gasteiger charge is -2.01. The molecule has 24 heavy (non-hydrogen) atoms. The van der Waals surface area contributed by atoms with E-state index in [1.54, 1.807) is 17.9 Å². The summed E-state index contributed by atoms with van der Waals surface area (Å²) < 4.78 is 1.59. The zero-order chi connectivity index (χ0) is 16.9. The summed E-state index contributed by atoms with van der Waals surface area (Å²) >= 11 is 1.54. The van der Waals surface area contributed by atoms with Crippen LogP contribution in [0.3, 0.4) is 0 Å². The second kappa shape index (κ2) is 7.27. The molecule has 4 nitrogen and oxygen atoms in total. The predicted octanol–water partition coefficient (Wildman–Crippen LogP) is 4.26. The number of carbonyl (C=O) groups excluding carboxylic acids is 1. The molecule has 0 N–H and O–H groups in total. The van der Waals surface area contributed by atoms with Gasteiger partial charge in [0.25, 0.3) is 0 Å². The zero-order valence-electron chi connectivity index (χ0n) is 13.5. The highest BCUT2D eigenvalue weighted by Crippen LogP contribution is 2.29. The van der Waals surface area contributed by atoms with E-state index in [0.29, 0.717) is 5.69 Å². The number of hydrogen-bond acceptors (Lipinski definition) is 4. The van der Waals surface area contributed by atoms with Gasteiger partial charge in [0, 0.05) is 23.8 Å². The monoisotopic (exact) mass is 335 g/mol. The quantitative estimate of drug-likeness (QED) is 0.654. The maximum atomic E-state index is 11.1. The van der Waals surface area contributed by atoms with Crippen molar-refractivity contribution in [1.82, 2.24) is 14.8 Å². The van der Waals surface area contributed by atoms with E-state index in [4.69, 9.17) is 0 Å². The molecule has 5 heteroatoms. The molecule has 3 rings (SSSR count). The average molecular weight is 335 g/mol. The first-order valence-electron chi connectivity index (χ1n) is 7.51. The summed E-state index contributed by atoms with van der Waals surface area (Å²) in [5, 5.41) is 4.12. The number of nitrogens with zero attached hydrogens (tertiary/aromatic N) is 3. The smallest absolute Gasteiger partial charge is 0.169 e. The molecule has 0 bridgehead atoms. The second-order valence-corrected chi connectivity index (χ2v) is 6.49. The summed E-state index contributed by atoms with van der Waals surface area (Å²) in [7, 11) is 1.77. The molecule has 0 amide bonds. The van der Waals surface area contributed by atoms with Crippen molar-refractivity contribution in [3.63, 3.8) is 0 Å². The topological polar surface area (TPSA) is 47.8 Å². The van der Waals surface area contributed by atoms with E-state index in [9.17, 15) is 4.79 Å². The van der Waals surface area contributed by atoms with E-state index in [2.05, 4.69) is 34.4 Å². The fourth-order valence-electron chi connectivity index (χ4n) is 2.28. The van der Waals surface area contributed by atoms with Gasteiger partial charge in [-0.3, -0.25) is 14.5 Å². The van der Waals surface area contributed by atoms with Crippen LogP contribution in [0.4, 0.5) is 0 Å². The lowest BCUT2D eigenvalue weighted by atomic mass is 10.1. The normalized spacial score (nSPS) is 11.1. The average Bonchev–Trinajstić information content (AvgIpc) is 2.94. The minimum atomic E-state index is 0.594. The summed E-state index contributed by atoms with van der Waals surface area (Å²) in [6.45, 7) is 1.98. The van der Waals surface area contributed by atoms with Crippen LogP contribution >= 0.6 is 11.8 Å². The van der Waals surface area contributed by atoms with Crippen molar-refractivity contribution < 1.29 is 4.79 Å². The van der Waals surface area contributed by atoms with E-state index in [1.807, 2.05) is 37.4 Å². The third-order valence-electron chi connectivity index (χ3n) is 3.56. The van der Waals surface area contributed by atoms with Crippen LogP contribution in [0.15, 0.2) is 58.6 Å². The maximum Gasteiger partial charge on any atom is 0.169 e. The van der Waals surface area contributed by atoms with E-state index in [0.717, 1.165) is 32.9 Å². The summed E-state index contributed by atoms with van der Waals surface area (Å²) in [5.74, 6) is 0. The van der Waals surface area contributed by atoms with Gasteiger partial charge in [0.1, 0.15) is 5.69 Å². The number of aryl methyl sites for hydroxylation is 2. The Morgan fingerprint density at radius 3 is 2.54 bits per heavy atom. The van der Waals surface area contributed by atoms with Gasteiger partial charge in [-0.25, -0.2) is 0 Å². The zero-order valence-corrected chi connectivity index (χ0v) is 14.3. The number of benzene rings is 1. The summed E-state index contributed by atoms with van der Waals surface area (Å²) in [6, 6.07) is 12.2. The van der Waals surface area contributed by atoms with Gasteiger partial charge in [-0.05, 0) is 42.3 Å². The Balaban J connectivity index is 1.72. The molecule has 2 aromatic heterocycles. The first-order chi connectivity index (χ1) is 11.7. The lowest BCUT2D eigenvalue weighted by Crippen LogP contribution is -1.96. The number of carbonyl (C=O) groups is 1. The molecule has 0 atom stereocenters. The van der Waals surface area contributed by atoms with Crippen molar-refractivity contribution in [2.45, 2.75) is 16.7 Å². The van der Waals surface area contributed by atoms with Crippen molar-refractivity contribution in [1.29, 1.82) is 0 Å². The Morgan fingerprint density at radius 1 is 1.08 bits per heavy atom. The predicted molar refractivity (Wildman–Crippen MR) is 97.1 cm³/mol. The van der Waals surface area contributed by atoms with Crippen LogP contribution in [0, 0.1) is 6.92 Å². The SMILES string of the molecule is Cc1cc(/C=C/c2ccc(Sc3cnn(C)c3C=O)cc2)ccn1. The maximum absolute atomic E-state index is 11.1. The molecular formula is C19H17N3OS. The first-order valence-corrected chi connectivity index (χ1v) is 8.33. The minimum absolute atomic E-state index is 0.594. The van der Waals surface area contributed by atoms with Crippen LogP contribution in [0.5, 0.6) is 0 Å². The molecule has 0 fully saturated rings. The van der Waals surface area contributed by atoms with Crippen LogP contribution in [-0.4, -0.2) is 21.1 Å². The third-order valence-corrected chi connectivity index (χ3v) is 4.60. The van der Waals surface area contributed by atoms with E-state index < -0.39 is 0 Å². The third kappa shape index (κ3) is 3.81. The molecule has 0 aliphatic heterocycles. The van der Waals surface area contributed by atoms with Crippen LogP contribution in [0.25, 0.3) is 12.2 Å². The fourth-order valence-corrected chi connectivity index (χ4v) is 3.19. The number of aldehydes is 1. The van der Waals surface area contributed by atoms with Crippen LogP contribution in [0.1, 0.15) is 27.3 Å². The second-order valence-electron chi connectivity index (χ2n) is 5.37. The Kier molecular flexibility index (Phi) is 4.91. The van der Waals surface area contributed by atoms with Crippen molar-refractivity contribution in [3.8, 4) is 0 Å². The Bertz CT molecular complexity index is 882. The molecule has 0 spiro atoms. The molecule has 0 unspecified atom stereocenters. The van der Waals surface area contributed by atoms with Gasteiger partial charge >= 0.3 is 0 Å². The van der Waals surface area contributed by atoms with Crippen molar-refractivity contribution in [2.24, 2.45) is 7.05 Å². The number of pyridine rings is 1.